The van der Waals surface area contributed by atoms with Gasteiger partial charge in [-0.25, -0.2) is 0 Å². The first-order chi connectivity index (χ1) is 11.2. The number of benzene rings is 1. The van der Waals surface area contributed by atoms with Crippen LogP contribution in [0.25, 0.3) is 0 Å². The molecule has 1 saturated heterocycles. The number of guanidine groups is 1. The van der Waals surface area contributed by atoms with E-state index in [1.54, 1.807) is 12.0 Å². The summed E-state index contributed by atoms with van der Waals surface area (Å²) in [6.07, 6.45) is 0. The Balaban J connectivity index is 1.75. The van der Waals surface area contributed by atoms with Crippen LogP contribution in [-0.4, -0.2) is 79.5 Å². The van der Waals surface area contributed by atoms with Crippen LogP contribution in [0.1, 0.15) is 17.3 Å². The lowest BCUT2D eigenvalue weighted by molar-refractivity contribution is 0.0831. The molecule has 2 aliphatic rings. The number of hydrogen-bond acceptors (Lipinski definition) is 5. The predicted octanol–water partition coefficient (Wildman–Crippen LogP) is 1.14. The molecule has 6 nitrogen and oxygen atoms in total. The number of rotatable bonds is 3. The van der Waals surface area contributed by atoms with E-state index in [9.17, 15) is 4.79 Å². The summed E-state index contributed by atoms with van der Waals surface area (Å²) in [7, 11) is 1.59. The number of piperazine rings is 1. The second kappa shape index (κ2) is 7.00. The number of para-hydroxylation sites is 1. The van der Waals surface area contributed by atoms with Crippen molar-refractivity contribution < 1.29 is 9.53 Å². The van der Waals surface area contributed by atoms with Gasteiger partial charge in [0.2, 0.25) is 5.96 Å². The third-order valence-corrected chi connectivity index (χ3v) is 4.50. The fourth-order valence-corrected chi connectivity index (χ4v) is 3.13. The van der Waals surface area contributed by atoms with E-state index in [-0.39, 0.29) is 5.91 Å². The molecule has 0 unspecified atom stereocenters. The second-order valence-electron chi connectivity index (χ2n) is 5.76. The lowest BCUT2D eigenvalue weighted by atomic mass is 10.1. The lowest BCUT2D eigenvalue weighted by Gasteiger charge is -2.37. The molecule has 0 atom stereocenters. The minimum absolute atomic E-state index is 0.0309. The van der Waals surface area contributed by atoms with Gasteiger partial charge in [-0.2, -0.15) is 0 Å². The van der Waals surface area contributed by atoms with Gasteiger partial charge in [0.25, 0.3) is 5.91 Å². The van der Waals surface area contributed by atoms with Crippen molar-refractivity contribution in [3.63, 3.8) is 0 Å². The maximum absolute atomic E-state index is 12.9. The SMILES string of the molecule is CCN1CCN(C2=NCCN2C(=O)c2ccccc2OC)CC1. The molecule has 6 heteroatoms. The van der Waals surface area contributed by atoms with Crippen LogP contribution in [0.4, 0.5) is 0 Å². The van der Waals surface area contributed by atoms with Crippen molar-refractivity contribution in [1.29, 1.82) is 0 Å². The zero-order valence-corrected chi connectivity index (χ0v) is 13.9. The molecule has 3 rings (SSSR count). The van der Waals surface area contributed by atoms with Crippen molar-refractivity contribution in [1.82, 2.24) is 14.7 Å². The number of likely N-dealkylation sites (N-methyl/N-ethyl adjacent to an activating group) is 1. The van der Waals surface area contributed by atoms with Gasteiger partial charge in [0.1, 0.15) is 5.75 Å². The molecule has 0 radical (unpaired) electrons. The highest BCUT2D eigenvalue weighted by Gasteiger charge is 2.31. The molecular weight excluding hydrogens is 292 g/mol. The summed E-state index contributed by atoms with van der Waals surface area (Å²) < 4.78 is 5.33. The number of carbonyl (C=O) groups excluding carboxylic acids is 1. The maximum atomic E-state index is 12.9. The summed E-state index contributed by atoms with van der Waals surface area (Å²) in [5.74, 6) is 1.40. The topological polar surface area (TPSA) is 48.4 Å². The maximum Gasteiger partial charge on any atom is 0.264 e. The summed E-state index contributed by atoms with van der Waals surface area (Å²) in [6.45, 7) is 8.44. The van der Waals surface area contributed by atoms with E-state index in [1.807, 2.05) is 24.3 Å². The minimum atomic E-state index is -0.0309. The van der Waals surface area contributed by atoms with E-state index in [4.69, 9.17) is 4.74 Å². The van der Waals surface area contributed by atoms with Crippen LogP contribution in [0.5, 0.6) is 5.75 Å². The molecule has 0 bridgehead atoms. The van der Waals surface area contributed by atoms with Crippen molar-refractivity contribution >= 4 is 11.9 Å². The van der Waals surface area contributed by atoms with Gasteiger partial charge in [0, 0.05) is 32.7 Å². The van der Waals surface area contributed by atoms with Gasteiger partial charge in [-0.1, -0.05) is 19.1 Å². The van der Waals surface area contributed by atoms with Gasteiger partial charge in [0.05, 0.1) is 19.2 Å². The van der Waals surface area contributed by atoms with Crippen molar-refractivity contribution in [3.05, 3.63) is 29.8 Å². The number of nitrogens with zero attached hydrogens (tertiary/aromatic N) is 4. The normalized spacial score (nSPS) is 19.0. The molecule has 1 aromatic carbocycles. The summed E-state index contributed by atoms with van der Waals surface area (Å²) in [5, 5.41) is 0. The highest BCUT2D eigenvalue weighted by Crippen LogP contribution is 2.21. The fourth-order valence-electron chi connectivity index (χ4n) is 3.13. The number of aliphatic imine (C=N–C) groups is 1. The van der Waals surface area contributed by atoms with E-state index in [0.29, 0.717) is 24.4 Å². The molecular formula is C17H24N4O2. The molecule has 1 fully saturated rings. The Kier molecular flexibility index (Phi) is 4.81. The molecule has 2 heterocycles. The van der Waals surface area contributed by atoms with E-state index in [1.165, 1.54) is 0 Å². The van der Waals surface area contributed by atoms with Crippen molar-refractivity contribution in [2.24, 2.45) is 4.99 Å². The highest BCUT2D eigenvalue weighted by atomic mass is 16.5. The molecule has 0 aromatic heterocycles. The molecule has 23 heavy (non-hydrogen) atoms. The van der Waals surface area contributed by atoms with E-state index in [2.05, 4.69) is 21.7 Å². The van der Waals surface area contributed by atoms with Gasteiger partial charge >= 0.3 is 0 Å². The Morgan fingerprint density at radius 1 is 1.17 bits per heavy atom. The second-order valence-corrected chi connectivity index (χ2v) is 5.76. The van der Waals surface area contributed by atoms with Crippen LogP contribution in [0.2, 0.25) is 0 Å². The molecule has 2 aliphatic heterocycles. The van der Waals surface area contributed by atoms with Gasteiger partial charge in [-0.05, 0) is 18.7 Å². The smallest absolute Gasteiger partial charge is 0.264 e. The van der Waals surface area contributed by atoms with Crippen LogP contribution in [0.15, 0.2) is 29.3 Å². The number of amides is 1. The molecule has 124 valence electrons. The number of methoxy groups -OCH3 is 1. The zero-order valence-electron chi connectivity index (χ0n) is 13.9. The average Bonchev–Trinajstić information content (AvgIpc) is 3.10. The fraction of sp³-hybridized carbons (Fsp3) is 0.529. The van der Waals surface area contributed by atoms with Gasteiger partial charge in [-0.15, -0.1) is 0 Å². The Labute approximate surface area is 137 Å². The first-order valence-electron chi connectivity index (χ1n) is 8.21. The zero-order chi connectivity index (χ0) is 16.2. The van der Waals surface area contributed by atoms with Crippen molar-refractivity contribution in [2.45, 2.75) is 6.92 Å². The molecule has 1 amide bonds. The van der Waals surface area contributed by atoms with Crippen molar-refractivity contribution in [3.8, 4) is 5.75 Å². The summed E-state index contributed by atoms with van der Waals surface area (Å²) in [6, 6.07) is 7.37. The predicted molar refractivity (Wildman–Crippen MR) is 90.0 cm³/mol. The Hall–Kier alpha value is -2.08. The third-order valence-electron chi connectivity index (χ3n) is 4.50. The average molecular weight is 316 g/mol. The summed E-state index contributed by atoms with van der Waals surface area (Å²) >= 11 is 0. The number of ether oxygens (including phenoxy) is 1. The van der Waals surface area contributed by atoms with Crippen LogP contribution in [0.3, 0.4) is 0 Å². The molecule has 0 spiro atoms. The quantitative estimate of drug-likeness (QED) is 0.839. The molecule has 0 saturated carbocycles. The Morgan fingerprint density at radius 2 is 1.91 bits per heavy atom. The van der Waals surface area contributed by atoms with Gasteiger partial charge < -0.3 is 14.5 Å². The van der Waals surface area contributed by atoms with Crippen LogP contribution in [0, 0.1) is 0 Å². The van der Waals surface area contributed by atoms with Crippen molar-refractivity contribution in [2.75, 3.05) is 52.9 Å². The standard InChI is InChI=1S/C17H24N4O2/c1-3-19-10-12-20(13-11-19)17-18-8-9-21(17)16(22)14-6-4-5-7-15(14)23-2/h4-7H,3,8-13H2,1-2H3. The van der Waals surface area contributed by atoms with E-state index >= 15 is 0 Å². The summed E-state index contributed by atoms with van der Waals surface area (Å²) in [5.41, 5.74) is 0.594. The monoisotopic (exact) mass is 316 g/mol. The van der Waals surface area contributed by atoms with E-state index < -0.39 is 0 Å². The minimum Gasteiger partial charge on any atom is -0.496 e. The Bertz CT molecular complexity index is 594. The van der Waals surface area contributed by atoms with Gasteiger partial charge in [-0.3, -0.25) is 14.7 Å². The summed E-state index contributed by atoms with van der Waals surface area (Å²) in [4.78, 5) is 23.9. The van der Waals surface area contributed by atoms with Crippen LogP contribution < -0.4 is 4.74 Å². The lowest BCUT2D eigenvalue weighted by Crippen LogP contribution is -2.53. The first kappa shape index (κ1) is 15.8. The Morgan fingerprint density at radius 3 is 2.61 bits per heavy atom. The highest BCUT2D eigenvalue weighted by molar-refractivity contribution is 6.07. The van der Waals surface area contributed by atoms with Crippen LogP contribution >= 0.6 is 0 Å². The van der Waals surface area contributed by atoms with Crippen LogP contribution in [-0.2, 0) is 0 Å². The molecule has 0 N–H and O–H groups in total. The largest absolute Gasteiger partial charge is 0.496 e. The number of hydrogen-bond donors (Lipinski definition) is 0. The third kappa shape index (κ3) is 3.17. The van der Waals surface area contributed by atoms with E-state index in [0.717, 1.165) is 38.7 Å². The number of carbonyl (C=O) groups is 1. The van der Waals surface area contributed by atoms with Gasteiger partial charge in [0.15, 0.2) is 0 Å². The molecule has 0 aliphatic carbocycles. The molecule has 1 aromatic rings. The first-order valence-corrected chi connectivity index (χ1v) is 8.21.